The Bertz CT molecular complexity index is 1300. The van der Waals surface area contributed by atoms with E-state index in [1.54, 1.807) is 18.3 Å². The van der Waals surface area contributed by atoms with Gasteiger partial charge < -0.3 is 5.32 Å². The lowest BCUT2D eigenvalue weighted by Gasteiger charge is -2.12. The Labute approximate surface area is 170 Å². The van der Waals surface area contributed by atoms with Crippen LogP contribution < -0.4 is 10.9 Å². The largest absolute Gasteiger partial charge is 0.322 e. The molecular formula is C22H16N4O4. The van der Waals surface area contributed by atoms with E-state index in [-0.39, 0.29) is 17.8 Å². The number of aromatic nitrogens is 2. The van der Waals surface area contributed by atoms with E-state index >= 15 is 0 Å². The van der Waals surface area contributed by atoms with Gasteiger partial charge in [0.25, 0.3) is 17.2 Å². The Balaban J connectivity index is 1.73. The minimum atomic E-state index is -0.596. The lowest BCUT2D eigenvalue weighted by molar-refractivity contribution is -0.384. The zero-order chi connectivity index (χ0) is 21.1. The molecule has 0 aliphatic heterocycles. The summed E-state index contributed by atoms with van der Waals surface area (Å²) in [5.74, 6) is -0.596. The standard InChI is InChI=1S/C22H16N4O4/c27-21(24-17-8-10-18(11-9-17)26(29)30)19-13-16-7-4-12-23-20(16)25(22(19)28)14-15-5-2-1-3-6-15/h1-13H,14H2,(H,24,27). The average Bonchev–Trinajstić information content (AvgIpc) is 2.76. The van der Waals surface area contributed by atoms with Gasteiger partial charge >= 0.3 is 0 Å². The van der Waals surface area contributed by atoms with Gasteiger partial charge in [-0.3, -0.25) is 24.3 Å². The maximum atomic E-state index is 13.1. The van der Waals surface area contributed by atoms with E-state index in [9.17, 15) is 19.7 Å². The molecule has 0 atom stereocenters. The molecule has 1 N–H and O–H groups in total. The van der Waals surface area contributed by atoms with Gasteiger partial charge in [0.2, 0.25) is 0 Å². The van der Waals surface area contributed by atoms with Crippen LogP contribution in [0.5, 0.6) is 0 Å². The summed E-state index contributed by atoms with van der Waals surface area (Å²) >= 11 is 0. The van der Waals surface area contributed by atoms with Gasteiger partial charge in [-0.2, -0.15) is 0 Å². The average molecular weight is 400 g/mol. The highest BCUT2D eigenvalue weighted by Gasteiger charge is 2.17. The van der Waals surface area contributed by atoms with E-state index in [0.29, 0.717) is 16.7 Å². The lowest BCUT2D eigenvalue weighted by Crippen LogP contribution is -2.30. The van der Waals surface area contributed by atoms with Crippen molar-refractivity contribution in [3.63, 3.8) is 0 Å². The zero-order valence-corrected chi connectivity index (χ0v) is 15.7. The second kappa shape index (κ2) is 7.96. The summed E-state index contributed by atoms with van der Waals surface area (Å²) < 4.78 is 1.47. The van der Waals surface area contributed by atoms with Crippen molar-refractivity contribution in [1.82, 2.24) is 9.55 Å². The Morgan fingerprint density at radius 3 is 2.47 bits per heavy atom. The number of nitrogens with one attached hydrogen (secondary N) is 1. The molecule has 4 aromatic rings. The summed E-state index contributed by atoms with van der Waals surface area (Å²) in [6, 6.07) is 19.9. The maximum absolute atomic E-state index is 13.1. The molecular weight excluding hydrogens is 384 g/mol. The second-order valence-corrected chi connectivity index (χ2v) is 6.61. The van der Waals surface area contributed by atoms with E-state index < -0.39 is 16.4 Å². The van der Waals surface area contributed by atoms with Gasteiger partial charge in [0.1, 0.15) is 11.2 Å². The number of nitro benzene ring substituents is 1. The zero-order valence-electron chi connectivity index (χ0n) is 15.7. The number of nitro groups is 1. The van der Waals surface area contributed by atoms with Crippen molar-refractivity contribution in [3.8, 4) is 0 Å². The molecule has 30 heavy (non-hydrogen) atoms. The van der Waals surface area contributed by atoms with Crippen LogP contribution in [0.15, 0.2) is 83.8 Å². The van der Waals surface area contributed by atoms with Crippen LogP contribution in [0.25, 0.3) is 11.0 Å². The van der Waals surface area contributed by atoms with Crippen LogP contribution in [0.3, 0.4) is 0 Å². The highest BCUT2D eigenvalue weighted by atomic mass is 16.6. The first-order valence-corrected chi connectivity index (χ1v) is 9.11. The number of non-ortho nitro benzene ring substituents is 1. The summed E-state index contributed by atoms with van der Waals surface area (Å²) in [5, 5.41) is 14.1. The topological polar surface area (TPSA) is 107 Å². The first-order valence-electron chi connectivity index (χ1n) is 9.11. The SMILES string of the molecule is O=C(Nc1ccc([N+](=O)[O-])cc1)c1cc2cccnc2n(Cc2ccccc2)c1=O. The predicted molar refractivity (Wildman–Crippen MR) is 113 cm³/mol. The summed E-state index contributed by atoms with van der Waals surface area (Å²) in [5.41, 5.74) is 1.15. The molecule has 148 valence electrons. The normalized spacial score (nSPS) is 10.7. The fourth-order valence-corrected chi connectivity index (χ4v) is 3.15. The van der Waals surface area contributed by atoms with Crippen molar-refractivity contribution in [2.75, 3.05) is 5.32 Å². The van der Waals surface area contributed by atoms with Crippen LogP contribution in [0, 0.1) is 10.1 Å². The molecule has 0 saturated carbocycles. The number of anilines is 1. The molecule has 0 aliphatic rings. The third-order valence-electron chi connectivity index (χ3n) is 4.61. The molecule has 0 radical (unpaired) electrons. The molecule has 4 rings (SSSR count). The van der Waals surface area contributed by atoms with Crippen LogP contribution in [0.2, 0.25) is 0 Å². The highest BCUT2D eigenvalue weighted by molar-refractivity contribution is 6.05. The number of hydrogen-bond donors (Lipinski definition) is 1. The maximum Gasteiger partial charge on any atom is 0.269 e. The Morgan fingerprint density at radius 2 is 1.77 bits per heavy atom. The summed E-state index contributed by atoms with van der Waals surface area (Å²) in [6.45, 7) is 0.270. The molecule has 2 aromatic carbocycles. The molecule has 8 heteroatoms. The molecule has 0 saturated heterocycles. The number of benzene rings is 2. The third-order valence-corrected chi connectivity index (χ3v) is 4.61. The Hall–Kier alpha value is -4.33. The molecule has 2 heterocycles. The molecule has 0 aliphatic carbocycles. The van der Waals surface area contributed by atoms with Crippen LogP contribution in [0.1, 0.15) is 15.9 Å². The first kappa shape index (κ1) is 19.0. The number of nitrogens with zero attached hydrogens (tertiary/aromatic N) is 3. The number of pyridine rings is 2. The number of fused-ring (bicyclic) bond motifs is 1. The van der Waals surface area contributed by atoms with E-state index in [0.717, 1.165) is 5.56 Å². The molecule has 1 amide bonds. The first-order chi connectivity index (χ1) is 14.5. The highest BCUT2D eigenvalue weighted by Crippen LogP contribution is 2.17. The number of carbonyl (C=O) groups is 1. The van der Waals surface area contributed by atoms with Crippen LogP contribution in [0.4, 0.5) is 11.4 Å². The van der Waals surface area contributed by atoms with Crippen molar-refractivity contribution in [2.45, 2.75) is 6.54 Å². The van der Waals surface area contributed by atoms with E-state index in [1.165, 1.54) is 34.9 Å². The van der Waals surface area contributed by atoms with Crippen LogP contribution in [-0.4, -0.2) is 20.4 Å². The fraction of sp³-hybridized carbons (Fsp3) is 0.0455. The lowest BCUT2D eigenvalue weighted by atomic mass is 10.1. The molecule has 0 spiro atoms. The Kier molecular flexibility index (Phi) is 5.04. The quantitative estimate of drug-likeness (QED) is 0.407. The van der Waals surface area contributed by atoms with Gasteiger partial charge in [0.15, 0.2) is 0 Å². The van der Waals surface area contributed by atoms with Gasteiger partial charge in [0, 0.05) is 29.4 Å². The van der Waals surface area contributed by atoms with Crippen molar-refractivity contribution >= 4 is 28.3 Å². The van der Waals surface area contributed by atoms with E-state index in [1.807, 2.05) is 30.3 Å². The van der Waals surface area contributed by atoms with Gasteiger partial charge in [-0.1, -0.05) is 30.3 Å². The second-order valence-electron chi connectivity index (χ2n) is 6.61. The van der Waals surface area contributed by atoms with Crippen molar-refractivity contribution in [3.05, 3.63) is 111 Å². The number of hydrogen-bond acceptors (Lipinski definition) is 5. The third kappa shape index (κ3) is 3.79. The molecule has 0 fully saturated rings. The molecule has 0 unspecified atom stereocenters. The monoisotopic (exact) mass is 400 g/mol. The van der Waals surface area contributed by atoms with E-state index in [4.69, 9.17) is 0 Å². The van der Waals surface area contributed by atoms with Crippen molar-refractivity contribution in [2.24, 2.45) is 0 Å². The molecule has 2 aromatic heterocycles. The summed E-state index contributed by atoms with van der Waals surface area (Å²) in [4.78, 5) is 40.5. The van der Waals surface area contributed by atoms with Gasteiger partial charge in [-0.15, -0.1) is 0 Å². The summed E-state index contributed by atoms with van der Waals surface area (Å²) in [7, 11) is 0. The smallest absolute Gasteiger partial charge is 0.269 e. The van der Waals surface area contributed by atoms with Crippen molar-refractivity contribution in [1.29, 1.82) is 0 Å². The van der Waals surface area contributed by atoms with Gasteiger partial charge in [-0.05, 0) is 35.9 Å². The number of carbonyl (C=O) groups excluding carboxylic acids is 1. The number of rotatable bonds is 5. The minimum Gasteiger partial charge on any atom is -0.322 e. The van der Waals surface area contributed by atoms with Gasteiger partial charge in [-0.25, -0.2) is 4.98 Å². The van der Waals surface area contributed by atoms with Gasteiger partial charge in [0.05, 0.1) is 11.5 Å². The summed E-state index contributed by atoms with van der Waals surface area (Å²) in [6.07, 6.45) is 1.60. The predicted octanol–water partition coefficient (Wildman–Crippen LogP) is 3.61. The van der Waals surface area contributed by atoms with Crippen molar-refractivity contribution < 1.29 is 9.72 Å². The van der Waals surface area contributed by atoms with Crippen LogP contribution >= 0.6 is 0 Å². The molecule has 0 bridgehead atoms. The minimum absolute atomic E-state index is 0.0372. The van der Waals surface area contributed by atoms with E-state index in [2.05, 4.69) is 10.3 Å². The molecule has 8 nitrogen and oxygen atoms in total. The van der Waals surface area contributed by atoms with Crippen LogP contribution in [-0.2, 0) is 6.54 Å². The number of amides is 1. The fourth-order valence-electron chi connectivity index (χ4n) is 3.15. The Morgan fingerprint density at radius 1 is 1.03 bits per heavy atom.